The van der Waals surface area contributed by atoms with Crippen LogP contribution < -0.4 is 11.1 Å². The predicted molar refractivity (Wildman–Crippen MR) is 67.5 cm³/mol. The Labute approximate surface area is 105 Å². The van der Waals surface area contributed by atoms with E-state index in [1.54, 1.807) is 0 Å². The van der Waals surface area contributed by atoms with Gasteiger partial charge in [-0.15, -0.1) is 0 Å². The van der Waals surface area contributed by atoms with Crippen LogP contribution in [0.15, 0.2) is 18.2 Å². The second-order valence-electron chi connectivity index (χ2n) is 4.05. The fourth-order valence-corrected chi connectivity index (χ4v) is 1.46. The normalized spacial score (nSPS) is 12.2. The summed E-state index contributed by atoms with van der Waals surface area (Å²) in [6.45, 7) is 2.51. The number of nitrogens with one attached hydrogen (secondary N) is 1. The van der Waals surface area contributed by atoms with Crippen LogP contribution in [0.1, 0.15) is 19.8 Å². The molecule has 0 heterocycles. The first-order valence-corrected chi connectivity index (χ1v) is 5.85. The van der Waals surface area contributed by atoms with Crippen LogP contribution in [-0.2, 0) is 4.79 Å². The number of hydrogen-bond acceptors (Lipinski definition) is 2. The van der Waals surface area contributed by atoms with Crippen molar-refractivity contribution in [3.8, 4) is 0 Å². The molecule has 3 nitrogen and oxygen atoms in total. The van der Waals surface area contributed by atoms with Gasteiger partial charge >= 0.3 is 0 Å². The van der Waals surface area contributed by atoms with Crippen molar-refractivity contribution in [3.05, 3.63) is 29.0 Å². The number of benzene rings is 1. The Balaban J connectivity index is 2.50. The molecule has 0 fully saturated rings. The Bertz CT molecular complexity index is 398. The second kappa shape index (κ2) is 6.57. The van der Waals surface area contributed by atoms with E-state index in [0.717, 1.165) is 0 Å². The standard InChI is InChI=1S/C12H16ClFN2O/c1-8(7-15)2-5-12(17)16-11-4-3-9(13)6-10(11)14/h3-4,6,8H,2,5,7,15H2,1H3,(H,16,17). The summed E-state index contributed by atoms with van der Waals surface area (Å²) in [5.41, 5.74) is 5.60. The minimum Gasteiger partial charge on any atom is -0.330 e. The molecule has 3 N–H and O–H groups in total. The Morgan fingerprint density at radius 2 is 2.29 bits per heavy atom. The molecule has 1 aromatic carbocycles. The van der Waals surface area contributed by atoms with Crippen LogP contribution in [0.25, 0.3) is 0 Å². The highest BCUT2D eigenvalue weighted by Crippen LogP contribution is 2.19. The lowest BCUT2D eigenvalue weighted by molar-refractivity contribution is -0.116. The minimum absolute atomic E-state index is 0.153. The van der Waals surface area contributed by atoms with Gasteiger partial charge in [-0.3, -0.25) is 4.79 Å². The third-order valence-corrected chi connectivity index (χ3v) is 2.71. The molecule has 1 atom stereocenters. The first kappa shape index (κ1) is 13.9. The first-order valence-electron chi connectivity index (χ1n) is 5.48. The molecule has 0 aliphatic carbocycles. The van der Waals surface area contributed by atoms with Crippen molar-refractivity contribution in [1.82, 2.24) is 0 Å². The summed E-state index contributed by atoms with van der Waals surface area (Å²) in [6, 6.07) is 4.14. The molecule has 0 aliphatic rings. The molecule has 0 radical (unpaired) electrons. The molecular weight excluding hydrogens is 243 g/mol. The lowest BCUT2D eigenvalue weighted by Gasteiger charge is -2.09. The van der Waals surface area contributed by atoms with E-state index < -0.39 is 5.82 Å². The fourth-order valence-electron chi connectivity index (χ4n) is 1.30. The van der Waals surface area contributed by atoms with Crippen LogP contribution in [0.3, 0.4) is 0 Å². The van der Waals surface area contributed by atoms with Crippen LogP contribution in [0.2, 0.25) is 5.02 Å². The quantitative estimate of drug-likeness (QED) is 0.853. The molecule has 1 unspecified atom stereocenters. The monoisotopic (exact) mass is 258 g/mol. The number of amides is 1. The molecule has 1 aromatic rings. The largest absolute Gasteiger partial charge is 0.330 e. The lowest BCUT2D eigenvalue weighted by atomic mass is 10.1. The molecule has 0 spiro atoms. The van der Waals surface area contributed by atoms with E-state index in [1.807, 2.05) is 6.92 Å². The van der Waals surface area contributed by atoms with Crippen LogP contribution in [0.4, 0.5) is 10.1 Å². The SMILES string of the molecule is CC(CN)CCC(=O)Nc1ccc(Cl)cc1F. The third-order valence-electron chi connectivity index (χ3n) is 2.47. The van der Waals surface area contributed by atoms with Gasteiger partial charge in [0.25, 0.3) is 0 Å². The molecule has 1 rings (SSSR count). The van der Waals surface area contributed by atoms with Crippen LogP contribution in [-0.4, -0.2) is 12.5 Å². The van der Waals surface area contributed by atoms with Gasteiger partial charge in [-0.25, -0.2) is 4.39 Å². The van der Waals surface area contributed by atoms with Crippen molar-refractivity contribution in [2.24, 2.45) is 11.7 Å². The number of carbonyl (C=O) groups excluding carboxylic acids is 1. The maximum Gasteiger partial charge on any atom is 0.224 e. The maximum absolute atomic E-state index is 13.4. The van der Waals surface area contributed by atoms with Crippen molar-refractivity contribution in [1.29, 1.82) is 0 Å². The van der Waals surface area contributed by atoms with E-state index in [0.29, 0.717) is 24.4 Å². The second-order valence-corrected chi connectivity index (χ2v) is 4.49. The van der Waals surface area contributed by atoms with Gasteiger partial charge in [0.1, 0.15) is 5.82 Å². The molecule has 5 heteroatoms. The van der Waals surface area contributed by atoms with Gasteiger partial charge in [-0.2, -0.15) is 0 Å². The van der Waals surface area contributed by atoms with Crippen molar-refractivity contribution in [2.45, 2.75) is 19.8 Å². The smallest absolute Gasteiger partial charge is 0.224 e. The van der Waals surface area contributed by atoms with Gasteiger partial charge in [-0.1, -0.05) is 18.5 Å². The average molecular weight is 259 g/mol. The molecule has 0 bridgehead atoms. The van der Waals surface area contributed by atoms with Gasteiger partial charge in [-0.05, 0) is 37.1 Å². The lowest BCUT2D eigenvalue weighted by Crippen LogP contribution is -2.16. The summed E-state index contributed by atoms with van der Waals surface area (Å²) in [4.78, 5) is 11.5. The summed E-state index contributed by atoms with van der Waals surface area (Å²) in [7, 11) is 0. The number of rotatable bonds is 5. The molecule has 1 amide bonds. The fraction of sp³-hybridized carbons (Fsp3) is 0.417. The van der Waals surface area contributed by atoms with Gasteiger partial charge in [0.15, 0.2) is 0 Å². The van der Waals surface area contributed by atoms with E-state index in [-0.39, 0.29) is 17.5 Å². The first-order chi connectivity index (χ1) is 8.02. The van der Waals surface area contributed by atoms with Gasteiger partial charge in [0.2, 0.25) is 5.91 Å². The summed E-state index contributed by atoms with van der Waals surface area (Å²) < 4.78 is 13.4. The van der Waals surface area contributed by atoms with Crippen molar-refractivity contribution in [3.63, 3.8) is 0 Å². The summed E-state index contributed by atoms with van der Waals surface area (Å²) in [5, 5.41) is 2.81. The van der Waals surface area contributed by atoms with E-state index in [2.05, 4.69) is 5.32 Å². The Morgan fingerprint density at radius 1 is 1.59 bits per heavy atom. The van der Waals surface area contributed by atoms with Gasteiger partial charge < -0.3 is 11.1 Å². The molecule has 0 saturated carbocycles. The number of halogens is 2. The number of carbonyl (C=O) groups is 1. The van der Waals surface area contributed by atoms with Crippen LogP contribution in [0, 0.1) is 11.7 Å². The Kier molecular flexibility index (Phi) is 5.38. The summed E-state index contributed by atoms with van der Waals surface area (Å²) >= 11 is 5.61. The molecule has 0 aromatic heterocycles. The number of nitrogens with two attached hydrogens (primary N) is 1. The molecular formula is C12H16ClFN2O. The maximum atomic E-state index is 13.4. The highest BCUT2D eigenvalue weighted by Gasteiger charge is 2.09. The topological polar surface area (TPSA) is 55.1 Å². The van der Waals surface area contributed by atoms with Crippen molar-refractivity contribution < 1.29 is 9.18 Å². The van der Waals surface area contributed by atoms with E-state index in [4.69, 9.17) is 17.3 Å². The molecule has 0 saturated heterocycles. The average Bonchev–Trinajstić information content (AvgIpc) is 2.29. The number of hydrogen-bond donors (Lipinski definition) is 2. The summed E-state index contributed by atoms with van der Waals surface area (Å²) in [5.74, 6) is -0.458. The highest BCUT2D eigenvalue weighted by atomic mass is 35.5. The minimum atomic E-state index is -0.530. The summed E-state index contributed by atoms with van der Waals surface area (Å²) in [6.07, 6.45) is 1.03. The zero-order valence-electron chi connectivity index (χ0n) is 9.67. The predicted octanol–water partition coefficient (Wildman–Crippen LogP) is 2.79. The zero-order valence-corrected chi connectivity index (χ0v) is 10.4. The Morgan fingerprint density at radius 3 is 2.88 bits per heavy atom. The van der Waals surface area contributed by atoms with Crippen LogP contribution in [0.5, 0.6) is 0 Å². The molecule has 0 aliphatic heterocycles. The third kappa shape index (κ3) is 4.71. The number of anilines is 1. The molecule has 94 valence electrons. The van der Waals surface area contributed by atoms with E-state index in [9.17, 15) is 9.18 Å². The van der Waals surface area contributed by atoms with Gasteiger partial charge in [0.05, 0.1) is 5.69 Å². The highest BCUT2D eigenvalue weighted by molar-refractivity contribution is 6.30. The van der Waals surface area contributed by atoms with Crippen molar-refractivity contribution >= 4 is 23.2 Å². The van der Waals surface area contributed by atoms with Crippen LogP contribution >= 0.6 is 11.6 Å². The molecule has 17 heavy (non-hydrogen) atoms. The zero-order chi connectivity index (χ0) is 12.8. The Hall–Kier alpha value is -1.13. The van der Waals surface area contributed by atoms with E-state index in [1.165, 1.54) is 18.2 Å². The van der Waals surface area contributed by atoms with E-state index >= 15 is 0 Å². The van der Waals surface area contributed by atoms with Crippen molar-refractivity contribution in [2.75, 3.05) is 11.9 Å². The van der Waals surface area contributed by atoms with Gasteiger partial charge in [0, 0.05) is 11.4 Å².